The highest BCUT2D eigenvalue weighted by Crippen LogP contribution is 2.24. The summed E-state index contributed by atoms with van der Waals surface area (Å²) in [6, 6.07) is 2.01. The van der Waals surface area contributed by atoms with Crippen LogP contribution in [0.3, 0.4) is 0 Å². The minimum atomic E-state index is 0.124. The third-order valence-electron chi connectivity index (χ3n) is 1.15. The first-order valence-electron chi connectivity index (χ1n) is 2.62. The van der Waals surface area contributed by atoms with Gasteiger partial charge in [0.25, 0.3) is 0 Å². The number of aromatic nitrogens is 1. The Morgan fingerprint density at radius 3 is 3.44 bits per heavy atom. The molecular weight excluding hydrogens is 227 g/mol. The van der Waals surface area contributed by atoms with E-state index in [0.29, 0.717) is 0 Å². The van der Waals surface area contributed by atoms with E-state index < -0.39 is 0 Å². The Morgan fingerprint density at radius 1 is 1.56 bits per heavy atom. The highest BCUT2D eigenvalue weighted by molar-refractivity contribution is 14.2. The molecule has 0 bridgehead atoms. The van der Waals surface area contributed by atoms with Crippen molar-refractivity contribution in [1.82, 2.24) is 4.98 Å². The topological polar surface area (TPSA) is 24.9 Å². The molecule has 1 aromatic rings. The van der Waals surface area contributed by atoms with Crippen LogP contribution in [0.2, 0.25) is 0 Å². The van der Waals surface area contributed by atoms with Gasteiger partial charge < -0.3 is 5.32 Å². The number of anilines is 1. The van der Waals surface area contributed by atoms with Gasteiger partial charge in [-0.3, -0.25) is 4.98 Å². The minimum Gasteiger partial charge on any atom is -0.356 e. The van der Waals surface area contributed by atoms with Crippen LogP contribution in [-0.2, 0) is 0 Å². The van der Waals surface area contributed by atoms with Crippen LogP contribution in [0.5, 0.6) is 0 Å². The second kappa shape index (κ2) is 2.06. The number of pyridine rings is 1. The predicted molar refractivity (Wildman–Crippen MR) is 46.6 cm³/mol. The maximum atomic E-state index is 4.02. The van der Waals surface area contributed by atoms with Gasteiger partial charge in [0, 0.05) is 16.5 Å². The van der Waals surface area contributed by atoms with Gasteiger partial charge in [-0.1, -0.05) is 20.7 Å². The van der Waals surface area contributed by atoms with Crippen LogP contribution in [0.15, 0.2) is 18.5 Å². The summed E-state index contributed by atoms with van der Waals surface area (Å²) in [5.41, 5.74) is 1.25. The zero-order chi connectivity index (χ0) is 6.10. The SMILES string of the molecule is C1=Ic2cnccc2N1. The summed E-state index contributed by atoms with van der Waals surface area (Å²) in [7, 11) is 0. The van der Waals surface area contributed by atoms with E-state index >= 15 is 0 Å². The van der Waals surface area contributed by atoms with E-state index in [1.807, 2.05) is 18.5 Å². The largest absolute Gasteiger partial charge is 0.356 e. The Hall–Kier alpha value is -0.450. The standard InChI is InChI=1S/C6H5IN2/c1-2-8-3-5-6(1)9-4-7-5/h1-4,9H. The van der Waals surface area contributed by atoms with Crippen LogP contribution in [0, 0.1) is 3.57 Å². The van der Waals surface area contributed by atoms with Crippen LogP contribution < -0.4 is 5.32 Å². The van der Waals surface area contributed by atoms with Gasteiger partial charge in [-0.15, -0.1) is 0 Å². The van der Waals surface area contributed by atoms with Crippen molar-refractivity contribution in [2.45, 2.75) is 0 Å². The van der Waals surface area contributed by atoms with Gasteiger partial charge in [0.2, 0.25) is 0 Å². The lowest BCUT2D eigenvalue weighted by atomic mass is 10.4. The summed E-state index contributed by atoms with van der Waals surface area (Å²) >= 11 is 0.124. The summed E-state index contributed by atoms with van der Waals surface area (Å²) in [5.74, 6) is 0. The third kappa shape index (κ3) is 0.849. The van der Waals surface area contributed by atoms with Gasteiger partial charge >= 0.3 is 0 Å². The first-order valence-corrected chi connectivity index (χ1v) is 4.95. The summed E-state index contributed by atoms with van der Waals surface area (Å²) in [6.45, 7) is 0. The zero-order valence-corrected chi connectivity index (χ0v) is 6.79. The summed E-state index contributed by atoms with van der Waals surface area (Å²) < 4.78 is 3.54. The molecule has 9 heavy (non-hydrogen) atoms. The molecule has 46 valence electrons. The van der Waals surface area contributed by atoms with Crippen LogP contribution in [0.25, 0.3) is 0 Å². The number of hydrogen-bond acceptors (Lipinski definition) is 2. The Kier molecular flexibility index (Phi) is 1.22. The molecule has 0 aliphatic carbocycles. The molecule has 1 aromatic heterocycles. The van der Waals surface area contributed by atoms with Gasteiger partial charge in [0.1, 0.15) is 0 Å². The molecule has 1 aliphatic heterocycles. The van der Waals surface area contributed by atoms with Crippen molar-refractivity contribution < 1.29 is 0 Å². The Labute approximate surface area is 63.1 Å². The number of halogens is 1. The second-order valence-corrected chi connectivity index (χ2v) is 4.13. The molecule has 0 amide bonds. The normalized spacial score (nSPS) is 13.8. The van der Waals surface area contributed by atoms with Crippen molar-refractivity contribution in [3.63, 3.8) is 0 Å². The highest BCUT2D eigenvalue weighted by Gasteiger charge is 2.01. The van der Waals surface area contributed by atoms with E-state index in [-0.39, 0.29) is 20.7 Å². The monoisotopic (exact) mass is 232 g/mol. The fourth-order valence-electron chi connectivity index (χ4n) is 0.724. The van der Waals surface area contributed by atoms with Gasteiger partial charge in [-0.25, -0.2) is 0 Å². The van der Waals surface area contributed by atoms with Gasteiger partial charge in [0.15, 0.2) is 0 Å². The lowest BCUT2D eigenvalue weighted by Crippen LogP contribution is -1.87. The number of nitrogens with one attached hydrogen (secondary N) is 1. The maximum Gasteiger partial charge on any atom is 0.0546 e. The summed E-state index contributed by atoms with van der Waals surface area (Å²) in [4.78, 5) is 4.02. The highest BCUT2D eigenvalue weighted by atomic mass is 127. The fraction of sp³-hybridized carbons (Fsp3) is 0. The lowest BCUT2D eigenvalue weighted by Gasteiger charge is -1.93. The van der Waals surface area contributed by atoms with Gasteiger partial charge in [-0.2, -0.15) is 0 Å². The molecule has 1 N–H and O–H groups in total. The molecule has 3 heteroatoms. The van der Waals surface area contributed by atoms with Crippen LogP contribution in [-0.4, -0.2) is 9.12 Å². The first-order chi connectivity index (χ1) is 4.47. The Balaban J connectivity index is 2.63. The number of rotatable bonds is 0. The van der Waals surface area contributed by atoms with E-state index in [1.54, 1.807) is 0 Å². The van der Waals surface area contributed by atoms with Crippen molar-refractivity contribution in [2.75, 3.05) is 5.32 Å². The quantitative estimate of drug-likeness (QED) is 0.684. The molecular formula is C6H5IN2. The molecule has 2 heterocycles. The molecule has 0 spiro atoms. The number of fused-ring (bicyclic) bond motifs is 1. The smallest absolute Gasteiger partial charge is 0.0546 e. The zero-order valence-electron chi connectivity index (χ0n) is 4.63. The second-order valence-electron chi connectivity index (χ2n) is 1.72. The van der Waals surface area contributed by atoms with Crippen molar-refractivity contribution in [3.05, 3.63) is 22.0 Å². The van der Waals surface area contributed by atoms with Crippen LogP contribution in [0.1, 0.15) is 0 Å². The average Bonchev–Trinajstić information content (AvgIpc) is 2.33. The molecule has 2 rings (SSSR count). The molecule has 0 atom stereocenters. The Morgan fingerprint density at radius 2 is 2.56 bits per heavy atom. The van der Waals surface area contributed by atoms with Crippen LogP contribution >= 0.6 is 20.7 Å². The van der Waals surface area contributed by atoms with Crippen molar-refractivity contribution in [3.8, 4) is 0 Å². The maximum absolute atomic E-state index is 4.02. The molecule has 0 fully saturated rings. The molecule has 2 nitrogen and oxygen atoms in total. The fourth-order valence-corrected chi connectivity index (χ4v) is 2.54. The molecule has 0 saturated heterocycles. The summed E-state index contributed by atoms with van der Waals surface area (Å²) in [6.07, 6.45) is 3.76. The Bertz CT molecular complexity index is 257. The molecule has 0 unspecified atom stereocenters. The predicted octanol–water partition coefficient (Wildman–Crippen LogP) is 1.41. The average molecular weight is 232 g/mol. The molecule has 0 saturated carbocycles. The molecule has 1 aliphatic rings. The van der Waals surface area contributed by atoms with Gasteiger partial charge in [-0.05, 0) is 6.07 Å². The number of hydrogen-bond donors (Lipinski definition) is 1. The lowest BCUT2D eigenvalue weighted by molar-refractivity contribution is 1.31. The van der Waals surface area contributed by atoms with Crippen LogP contribution in [0.4, 0.5) is 5.69 Å². The minimum absolute atomic E-state index is 0.124. The molecule has 0 radical (unpaired) electrons. The van der Waals surface area contributed by atoms with E-state index in [0.717, 1.165) is 0 Å². The van der Waals surface area contributed by atoms with E-state index in [4.69, 9.17) is 0 Å². The number of nitrogens with zero attached hydrogens (tertiary/aromatic N) is 1. The van der Waals surface area contributed by atoms with Gasteiger partial charge in [0.05, 0.1) is 9.26 Å². The molecule has 0 aromatic carbocycles. The third-order valence-corrected chi connectivity index (χ3v) is 3.31. The van der Waals surface area contributed by atoms with E-state index in [9.17, 15) is 0 Å². The van der Waals surface area contributed by atoms with E-state index in [2.05, 4.69) is 14.4 Å². The summed E-state index contributed by atoms with van der Waals surface area (Å²) in [5, 5.41) is 3.18. The first kappa shape index (κ1) is 5.34. The van der Waals surface area contributed by atoms with Crippen molar-refractivity contribution >= 4 is 30.6 Å². The van der Waals surface area contributed by atoms with Crippen molar-refractivity contribution in [2.24, 2.45) is 0 Å². The van der Waals surface area contributed by atoms with Crippen molar-refractivity contribution in [1.29, 1.82) is 0 Å². The van der Waals surface area contributed by atoms with E-state index in [1.165, 1.54) is 9.26 Å².